The number of nitrogens with one attached hydrogen (secondary N) is 1. The lowest BCUT2D eigenvalue weighted by Gasteiger charge is -2.04. The van der Waals surface area contributed by atoms with E-state index in [2.05, 4.69) is 22.2 Å². The Bertz CT molecular complexity index is 299. The summed E-state index contributed by atoms with van der Waals surface area (Å²) < 4.78 is 0. The fraction of sp³-hybridized carbons (Fsp3) is 0.556. The van der Waals surface area contributed by atoms with E-state index in [9.17, 15) is 0 Å². The molecular formula is C9H14N4. The predicted molar refractivity (Wildman–Crippen MR) is 51.4 cm³/mol. The predicted octanol–water partition coefficient (Wildman–Crippen LogP) is 0.550. The minimum absolute atomic E-state index is 0.306. The van der Waals surface area contributed by atoms with Crippen LogP contribution in [0.15, 0.2) is 12.4 Å². The third-order valence-corrected chi connectivity index (χ3v) is 2.26. The molecule has 2 atom stereocenters. The summed E-state index contributed by atoms with van der Waals surface area (Å²) in [6.07, 6.45) is 3.58. The first-order chi connectivity index (χ1) is 6.29. The van der Waals surface area contributed by atoms with Crippen molar-refractivity contribution in [2.75, 3.05) is 5.32 Å². The SMILES string of the molecule is CCc1cc(NC2CC2N)ncn1. The van der Waals surface area contributed by atoms with Crippen LogP contribution in [-0.4, -0.2) is 22.1 Å². The first kappa shape index (κ1) is 8.44. The summed E-state index contributed by atoms with van der Waals surface area (Å²) in [5.74, 6) is 0.893. The van der Waals surface area contributed by atoms with Gasteiger partial charge in [-0.25, -0.2) is 9.97 Å². The Morgan fingerprint density at radius 2 is 2.38 bits per heavy atom. The molecule has 1 heterocycles. The maximum Gasteiger partial charge on any atom is 0.129 e. The fourth-order valence-corrected chi connectivity index (χ4v) is 1.24. The Labute approximate surface area is 77.6 Å². The second-order valence-corrected chi connectivity index (χ2v) is 3.40. The van der Waals surface area contributed by atoms with Gasteiger partial charge in [0.05, 0.1) is 0 Å². The average Bonchev–Trinajstić information content (AvgIpc) is 2.82. The number of hydrogen-bond donors (Lipinski definition) is 2. The maximum absolute atomic E-state index is 5.68. The summed E-state index contributed by atoms with van der Waals surface area (Å²) >= 11 is 0. The summed E-state index contributed by atoms with van der Waals surface area (Å²) in [7, 11) is 0. The highest BCUT2D eigenvalue weighted by molar-refractivity contribution is 5.38. The molecule has 2 unspecified atom stereocenters. The molecule has 3 N–H and O–H groups in total. The van der Waals surface area contributed by atoms with Crippen LogP contribution in [0.4, 0.5) is 5.82 Å². The van der Waals surface area contributed by atoms with Crippen molar-refractivity contribution in [3.05, 3.63) is 18.1 Å². The van der Waals surface area contributed by atoms with E-state index < -0.39 is 0 Å². The Balaban J connectivity index is 2.03. The molecule has 4 heteroatoms. The van der Waals surface area contributed by atoms with Crippen molar-refractivity contribution in [2.45, 2.75) is 31.8 Å². The number of aryl methyl sites for hydroxylation is 1. The van der Waals surface area contributed by atoms with Crippen LogP contribution >= 0.6 is 0 Å². The molecule has 1 aliphatic carbocycles. The first-order valence-electron chi connectivity index (χ1n) is 4.62. The van der Waals surface area contributed by atoms with Crippen molar-refractivity contribution >= 4 is 5.82 Å². The number of rotatable bonds is 3. The van der Waals surface area contributed by atoms with Gasteiger partial charge in [-0.2, -0.15) is 0 Å². The molecule has 0 saturated heterocycles. The molecule has 0 bridgehead atoms. The van der Waals surface area contributed by atoms with Crippen LogP contribution in [-0.2, 0) is 6.42 Å². The topological polar surface area (TPSA) is 63.8 Å². The molecule has 13 heavy (non-hydrogen) atoms. The van der Waals surface area contributed by atoms with E-state index in [1.807, 2.05) is 6.07 Å². The Morgan fingerprint density at radius 3 is 3.00 bits per heavy atom. The van der Waals surface area contributed by atoms with Crippen LogP contribution in [0.2, 0.25) is 0 Å². The normalized spacial score (nSPS) is 25.7. The highest BCUT2D eigenvalue weighted by Crippen LogP contribution is 2.22. The van der Waals surface area contributed by atoms with E-state index in [4.69, 9.17) is 5.73 Å². The van der Waals surface area contributed by atoms with Crippen LogP contribution < -0.4 is 11.1 Å². The highest BCUT2D eigenvalue weighted by Gasteiger charge is 2.33. The van der Waals surface area contributed by atoms with E-state index in [-0.39, 0.29) is 0 Å². The lowest BCUT2D eigenvalue weighted by molar-refractivity contribution is 0.965. The molecule has 0 radical (unpaired) electrons. The molecule has 4 nitrogen and oxygen atoms in total. The summed E-state index contributed by atoms with van der Waals surface area (Å²) in [5, 5.41) is 3.26. The van der Waals surface area contributed by atoms with Gasteiger partial charge in [-0.1, -0.05) is 6.92 Å². The molecule has 1 saturated carbocycles. The molecule has 0 spiro atoms. The lowest BCUT2D eigenvalue weighted by atomic mass is 10.3. The number of aromatic nitrogens is 2. The molecule has 1 aromatic heterocycles. The Morgan fingerprint density at radius 1 is 1.62 bits per heavy atom. The van der Waals surface area contributed by atoms with Crippen LogP contribution in [0.3, 0.4) is 0 Å². The monoisotopic (exact) mass is 178 g/mol. The van der Waals surface area contributed by atoms with E-state index in [1.54, 1.807) is 6.33 Å². The molecule has 0 amide bonds. The van der Waals surface area contributed by atoms with Crippen LogP contribution in [0.25, 0.3) is 0 Å². The zero-order valence-electron chi connectivity index (χ0n) is 7.70. The Hall–Kier alpha value is -1.16. The quantitative estimate of drug-likeness (QED) is 0.709. The van der Waals surface area contributed by atoms with Gasteiger partial charge in [0.2, 0.25) is 0 Å². The van der Waals surface area contributed by atoms with Crippen molar-refractivity contribution in [1.82, 2.24) is 9.97 Å². The number of nitrogens with zero attached hydrogens (tertiary/aromatic N) is 2. The van der Waals surface area contributed by atoms with Crippen molar-refractivity contribution < 1.29 is 0 Å². The molecule has 0 aromatic carbocycles. The minimum Gasteiger partial charge on any atom is -0.366 e. The van der Waals surface area contributed by atoms with Crippen molar-refractivity contribution in [3.8, 4) is 0 Å². The summed E-state index contributed by atoms with van der Waals surface area (Å²) in [6.45, 7) is 2.08. The van der Waals surface area contributed by atoms with Gasteiger partial charge in [0.1, 0.15) is 12.1 Å². The number of anilines is 1. The summed E-state index contributed by atoms with van der Waals surface area (Å²) in [4.78, 5) is 8.25. The number of hydrogen-bond acceptors (Lipinski definition) is 4. The van der Waals surface area contributed by atoms with E-state index in [1.165, 1.54) is 0 Å². The van der Waals surface area contributed by atoms with Gasteiger partial charge in [-0.3, -0.25) is 0 Å². The molecule has 70 valence electrons. The van der Waals surface area contributed by atoms with Gasteiger partial charge in [0, 0.05) is 23.8 Å². The fourth-order valence-electron chi connectivity index (χ4n) is 1.24. The maximum atomic E-state index is 5.68. The van der Waals surface area contributed by atoms with Gasteiger partial charge in [0.15, 0.2) is 0 Å². The standard InChI is InChI=1S/C9H14N4/c1-2-6-3-9(12-5-11-6)13-8-4-7(8)10/h3,5,7-8H,2,4,10H2,1H3,(H,11,12,13). The second-order valence-electron chi connectivity index (χ2n) is 3.40. The highest BCUT2D eigenvalue weighted by atomic mass is 15.1. The second kappa shape index (κ2) is 3.30. The van der Waals surface area contributed by atoms with E-state index in [0.29, 0.717) is 12.1 Å². The number of nitrogens with two attached hydrogens (primary N) is 1. The average molecular weight is 178 g/mol. The third kappa shape index (κ3) is 1.95. The van der Waals surface area contributed by atoms with Gasteiger partial charge < -0.3 is 11.1 Å². The van der Waals surface area contributed by atoms with Crippen LogP contribution in [0.1, 0.15) is 19.0 Å². The minimum atomic E-state index is 0.306. The lowest BCUT2D eigenvalue weighted by Crippen LogP contribution is -2.14. The molecule has 0 aliphatic heterocycles. The molecule has 1 aliphatic rings. The molecule has 1 fully saturated rings. The molecular weight excluding hydrogens is 164 g/mol. The van der Waals surface area contributed by atoms with Crippen LogP contribution in [0.5, 0.6) is 0 Å². The molecule has 1 aromatic rings. The zero-order chi connectivity index (χ0) is 9.26. The zero-order valence-corrected chi connectivity index (χ0v) is 7.70. The Kier molecular flexibility index (Phi) is 2.14. The smallest absolute Gasteiger partial charge is 0.129 e. The van der Waals surface area contributed by atoms with Crippen molar-refractivity contribution in [1.29, 1.82) is 0 Å². The van der Waals surface area contributed by atoms with Crippen LogP contribution in [0, 0.1) is 0 Å². The van der Waals surface area contributed by atoms with Crippen molar-refractivity contribution in [2.24, 2.45) is 5.73 Å². The van der Waals surface area contributed by atoms with Gasteiger partial charge in [0.25, 0.3) is 0 Å². The van der Waals surface area contributed by atoms with Gasteiger partial charge in [-0.05, 0) is 12.8 Å². The summed E-state index contributed by atoms with van der Waals surface area (Å²) in [6, 6.07) is 2.70. The van der Waals surface area contributed by atoms with Crippen molar-refractivity contribution in [3.63, 3.8) is 0 Å². The first-order valence-corrected chi connectivity index (χ1v) is 4.62. The van der Waals surface area contributed by atoms with E-state index >= 15 is 0 Å². The summed E-state index contributed by atoms with van der Waals surface area (Å²) in [5.41, 5.74) is 6.74. The van der Waals surface area contributed by atoms with E-state index in [0.717, 1.165) is 24.4 Å². The molecule has 2 rings (SSSR count). The van der Waals surface area contributed by atoms with Gasteiger partial charge in [-0.15, -0.1) is 0 Å². The largest absolute Gasteiger partial charge is 0.366 e. The van der Waals surface area contributed by atoms with Gasteiger partial charge >= 0.3 is 0 Å². The third-order valence-electron chi connectivity index (χ3n) is 2.26.